The minimum absolute atomic E-state index is 0.867. The van der Waals surface area contributed by atoms with Crippen molar-refractivity contribution in [3.05, 3.63) is 29.3 Å². The summed E-state index contributed by atoms with van der Waals surface area (Å²) in [7, 11) is 1.95. The molecule has 2 rings (SSSR count). The average Bonchev–Trinajstić information content (AvgIpc) is 2.29. The summed E-state index contributed by atoms with van der Waals surface area (Å²) in [6, 6.07) is 6.86. The minimum atomic E-state index is 0.867. The van der Waals surface area contributed by atoms with Gasteiger partial charge in [-0.3, -0.25) is 0 Å². The molecule has 1 heterocycles. The van der Waals surface area contributed by atoms with Gasteiger partial charge in [0.15, 0.2) is 0 Å². The Kier molecular flexibility index (Phi) is 4.06. The van der Waals surface area contributed by atoms with Crippen LogP contribution in [0.15, 0.2) is 23.1 Å². The fourth-order valence-electron chi connectivity index (χ4n) is 1.86. The lowest BCUT2D eigenvalue weighted by atomic mass is 10.1. The van der Waals surface area contributed by atoms with Gasteiger partial charge in [-0.05, 0) is 42.8 Å². The molecule has 0 aliphatic carbocycles. The summed E-state index contributed by atoms with van der Waals surface area (Å²) in [6.07, 6.45) is 2.58. The highest BCUT2D eigenvalue weighted by atomic mass is 32.2. The van der Waals surface area contributed by atoms with Crippen LogP contribution in [-0.2, 0) is 13.0 Å². The zero-order chi connectivity index (χ0) is 10.5. The zero-order valence-corrected chi connectivity index (χ0v) is 9.99. The highest BCUT2D eigenvalue weighted by molar-refractivity contribution is 7.99. The van der Waals surface area contributed by atoms with E-state index in [9.17, 15) is 0 Å². The second-order valence-corrected chi connectivity index (χ2v) is 4.99. The Morgan fingerprint density at radius 3 is 3.20 bits per heavy atom. The van der Waals surface area contributed by atoms with Crippen LogP contribution in [0.5, 0.6) is 0 Å². The maximum absolute atomic E-state index is 3.34. The molecule has 2 N–H and O–H groups in total. The summed E-state index contributed by atoms with van der Waals surface area (Å²) in [5.41, 5.74) is 2.93. The first-order valence-corrected chi connectivity index (χ1v) is 6.48. The molecule has 1 aromatic rings. The van der Waals surface area contributed by atoms with Crippen LogP contribution in [0.1, 0.15) is 17.5 Å². The molecule has 0 unspecified atom stereocenters. The molecule has 0 spiro atoms. The Hall–Kier alpha value is -0.510. The molecule has 1 aliphatic rings. The maximum Gasteiger partial charge on any atom is 0.0454 e. The quantitative estimate of drug-likeness (QED) is 0.602. The number of thioether (sulfide) groups is 1. The predicted octanol–water partition coefficient (Wildman–Crippen LogP) is 1.99. The van der Waals surface area contributed by atoms with Crippen molar-refractivity contribution < 1.29 is 0 Å². The lowest BCUT2D eigenvalue weighted by Gasteiger charge is -2.16. The van der Waals surface area contributed by atoms with Gasteiger partial charge in [-0.1, -0.05) is 12.1 Å². The van der Waals surface area contributed by atoms with Crippen molar-refractivity contribution in [2.45, 2.75) is 24.3 Å². The zero-order valence-electron chi connectivity index (χ0n) is 9.18. The fraction of sp³-hybridized carbons (Fsp3) is 0.500. The Labute approximate surface area is 95.8 Å². The normalized spacial score (nSPS) is 15.0. The number of hydrogen-bond donors (Lipinski definition) is 2. The molecule has 0 atom stereocenters. The van der Waals surface area contributed by atoms with Gasteiger partial charge in [0.25, 0.3) is 0 Å². The van der Waals surface area contributed by atoms with Crippen molar-refractivity contribution >= 4 is 11.8 Å². The largest absolute Gasteiger partial charge is 0.308 e. The van der Waals surface area contributed by atoms with Crippen LogP contribution in [0.3, 0.4) is 0 Å². The topological polar surface area (TPSA) is 24.1 Å². The van der Waals surface area contributed by atoms with Crippen LogP contribution in [0.4, 0.5) is 0 Å². The molecular weight excluding hydrogens is 204 g/mol. The fourth-order valence-corrected chi connectivity index (χ4v) is 2.87. The molecule has 0 fully saturated rings. The van der Waals surface area contributed by atoms with E-state index in [0.29, 0.717) is 0 Å². The monoisotopic (exact) mass is 222 g/mol. The van der Waals surface area contributed by atoms with Gasteiger partial charge in [-0.25, -0.2) is 0 Å². The molecule has 0 aromatic heterocycles. The Bertz CT molecular complexity index is 325. The first kappa shape index (κ1) is 11.0. The third kappa shape index (κ3) is 2.97. The number of benzene rings is 1. The van der Waals surface area contributed by atoms with Gasteiger partial charge in [-0.15, -0.1) is 11.8 Å². The number of hydrogen-bond acceptors (Lipinski definition) is 3. The van der Waals surface area contributed by atoms with Crippen molar-refractivity contribution in [2.75, 3.05) is 19.5 Å². The van der Waals surface area contributed by atoms with Gasteiger partial charge in [0, 0.05) is 18.1 Å². The lowest BCUT2D eigenvalue weighted by Crippen LogP contribution is -2.25. The summed E-state index contributed by atoms with van der Waals surface area (Å²) in [5, 5.41) is 6.43. The van der Waals surface area contributed by atoms with E-state index in [4.69, 9.17) is 0 Å². The van der Waals surface area contributed by atoms with Crippen molar-refractivity contribution in [3.63, 3.8) is 0 Å². The second-order valence-electron chi connectivity index (χ2n) is 3.85. The molecule has 15 heavy (non-hydrogen) atoms. The van der Waals surface area contributed by atoms with Crippen LogP contribution in [0, 0.1) is 0 Å². The highest BCUT2D eigenvalue weighted by Gasteiger charge is 2.09. The first-order chi connectivity index (χ1) is 7.40. The molecule has 0 saturated carbocycles. The number of nitrogens with one attached hydrogen (secondary N) is 2. The van der Waals surface area contributed by atoms with Gasteiger partial charge < -0.3 is 10.6 Å². The van der Waals surface area contributed by atoms with Crippen LogP contribution < -0.4 is 10.6 Å². The van der Waals surface area contributed by atoms with E-state index < -0.39 is 0 Å². The Morgan fingerprint density at radius 2 is 2.33 bits per heavy atom. The molecule has 0 bridgehead atoms. The Morgan fingerprint density at radius 1 is 1.40 bits per heavy atom. The SMILES string of the molecule is CNCNCc1ccc2c(c1)CCCS2. The van der Waals surface area contributed by atoms with E-state index >= 15 is 0 Å². The van der Waals surface area contributed by atoms with Crippen molar-refractivity contribution in [1.82, 2.24) is 10.6 Å². The van der Waals surface area contributed by atoms with Crippen molar-refractivity contribution in [2.24, 2.45) is 0 Å². The van der Waals surface area contributed by atoms with E-state index in [0.717, 1.165) is 13.2 Å². The van der Waals surface area contributed by atoms with Gasteiger partial charge in [-0.2, -0.15) is 0 Å². The molecule has 0 saturated heterocycles. The summed E-state index contributed by atoms with van der Waals surface area (Å²) < 4.78 is 0. The average molecular weight is 222 g/mol. The van der Waals surface area contributed by atoms with E-state index in [-0.39, 0.29) is 0 Å². The maximum atomic E-state index is 3.34. The highest BCUT2D eigenvalue weighted by Crippen LogP contribution is 2.30. The smallest absolute Gasteiger partial charge is 0.0454 e. The summed E-state index contributed by atoms with van der Waals surface area (Å²) in [4.78, 5) is 1.48. The number of aryl methyl sites for hydroxylation is 1. The summed E-state index contributed by atoms with van der Waals surface area (Å²) in [5.74, 6) is 1.28. The van der Waals surface area contributed by atoms with E-state index in [2.05, 4.69) is 28.8 Å². The van der Waals surface area contributed by atoms with Gasteiger partial charge in [0.2, 0.25) is 0 Å². The predicted molar refractivity (Wildman–Crippen MR) is 66.3 cm³/mol. The van der Waals surface area contributed by atoms with Gasteiger partial charge >= 0.3 is 0 Å². The number of fused-ring (bicyclic) bond motifs is 1. The Balaban J connectivity index is 2.00. The lowest BCUT2D eigenvalue weighted by molar-refractivity contribution is 0.631. The van der Waals surface area contributed by atoms with Crippen molar-refractivity contribution in [1.29, 1.82) is 0 Å². The third-order valence-corrected chi connectivity index (χ3v) is 3.81. The minimum Gasteiger partial charge on any atom is -0.308 e. The van der Waals surface area contributed by atoms with Crippen LogP contribution >= 0.6 is 11.8 Å². The molecule has 1 aliphatic heterocycles. The summed E-state index contributed by atoms with van der Waals surface area (Å²) in [6.45, 7) is 1.82. The van der Waals surface area contributed by atoms with Crippen LogP contribution in [0.25, 0.3) is 0 Å². The molecule has 2 nitrogen and oxygen atoms in total. The van der Waals surface area contributed by atoms with E-state index in [1.807, 2.05) is 18.8 Å². The third-order valence-electron chi connectivity index (χ3n) is 2.60. The van der Waals surface area contributed by atoms with Gasteiger partial charge in [0.1, 0.15) is 0 Å². The molecule has 1 aromatic carbocycles. The van der Waals surface area contributed by atoms with Crippen molar-refractivity contribution in [3.8, 4) is 0 Å². The first-order valence-electron chi connectivity index (χ1n) is 5.50. The molecule has 3 heteroatoms. The van der Waals surface area contributed by atoms with Crippen LogP contribution in [-0.4, -0.2) is 19.5 Å². The standard InChI is InChI=1S/C12H18N2S/c1-13-9-14-8-10-4-5-12-11(7-10)3-2-6-15-12/h4-5,7,13-14H,2-3,6,8-9H2,1H3. The summed E-state index contributed by atoms with van der Waals surface area (Å²) >= 11 is 1.99. The molecule has 82 valence electrons. The molecular formula is C12H18N2S. The number of rotatable bonds is 4. The second kappa shape index (κ2) is 5.54. The molecule has 0 amide bonds. The molecule has 0 radical (unpaired) electrons. The van der Waals surface area contributed by atoms with Crippen LogP contribution in [0.2, 0.25) is 0 Å². The van der Waals surface area contributed by atoms with Gasteiger partial charge in [0.05, 0.1) is 0 Å². The van der Waals surface area contributed by atoms with E-state index in [1.54, 1.807) is 0 Å². The van der Waals surface area contributed by atoms with E-state index in [1.165, 1.54) is 34.6 Å².